The predicted molar refractivity (Wildman–Crippen MR) is 64.7 cm³/mol. The molecule has 0 spiro atoms. The Labute approximate surface area is 124 Å². The van der Waals surface area contributed by atoms with E-state index in [1.807, 2.05) is 0 Å². The molecular weight excluding hydrogens is 353 g/mol. The van der Waals surface area contributed by atoms with Crippen LogP contribution in [0, 0.1) is 0 Å². The molecule has 1 saturated heterocycles. The zero-order valence-corrected chi connectivity index (χ0v) is 12.1. The lowest BCUT2D eigenvalue weighted by Crippen LogP contribution is -2.69. The highest BCUT2D eigenvalue weighted by molar-refractivity contribution is 7.91. The maximum atomic E-state index is 13.2. The smallest absolute Gasteiger partial charge is 0.374 e. The Morgan fingerprint density at radius 1 is 1.36 bits per heavy atom. The van der Waals surface area contributed by atoms with Crippen molar-refractivity contribution < 1.29 is 31.2 Å². The number of amides is 3. The van der Waals surface area contributed by atoms with Gasteiger partial charge in [0.2, 0.25) is 9.47 Å². The van der Waals surface area contributed by atoms with Crippen LogP contribution in [0.25, 0.3) is 0 Å². The lowest BCUT2D eigenvalue weighted by molar-refractivity contribution is -0.197. The molecule has 0 bridgehead atoms. The van der Waals surface area contributed by atoms with Crippen molar-refractivity contribution in [3.8, 4) is 0 Å². The Hall–Kier alpha value is -2.00. The summed E-state index contributed by atoms with van der Waals surface area (Å²) in [5, 5.41) is 7.23. The van der Waals surface area contributed by atoms with E-state index in [9.17, 15) is 31.2 Å². The number of nitrogens with one attached hydrogen (secondary N) is 2. The van der Waals surface area contributed by atoms with E-state index in [1.54, 1.807) is 0 Å². The number of rotatable bonds is 3. The summed E-state index contributed by atoms with van der Waals surface area (Å²) in [6, 6.07) is -1.41. The number of nitrogens with two attached hydrogens (primary N) is 1. The summed E-state index contributed by atoms with van der Waals surface area (Å²) < 4.78 is 63.8. The van der Waals surface area contributed by atoms with E-state index in [-0.39, 0.29) is 10.0 Å². The average Bonchev–Trinajstić information content (AvgIpc) is 2.89. The number of hydrogen-bond donors (Lipinski definition) is 3. The lowest BCUT2D eigenvalue weighted by Gasteiger charge is -2.28. The third-order valence-electron chi connectivity index (χ3n) is 2.59. The molecule has 4 N–H and O–H groups in total. The molecule has 0 saturated carbocycles. The van der Waals surface area contributed by atoms with Crippen LogP contribution >= 0.6 is 11.3 Å². The highest BCUT2D eigenvalue weighted by atomic mass is 32.2. The van der Waals surface area contributed by atoms with Crippen molar-refractivity contribution in [2.24, 2.45) is 0 Å². The van der Waals surface area contributed by atoms with Gasteiger partial charge in [-0.05, 0) is 0 Å². The second-order valence-electron chi connectivity index (χ2n) is 4.05. The molecule has 3 amide bonds. The van der Waals surface area contributed by atoms with E-state index >= 15 is 0 Å². The first kappa shape index (κ1) is 16.4. The fourth-order valence-corrected chi connectivity index (χ4v) is 3.59. The average molecular weight is 360 g/mol. The molecular formula is C7H7F3N6O4S2. The number of nitrogen functional groups attached to an aromatic ring is 1. The van der Waals surface area contributed by atoms with Gasteiger partial charge in [0.15, 0.2) is 0 Å². The van der Waals surface area contributed by atoms with Gasteiger partial charge in [-0.3, -0.25) is 9.69 Å². The standard InChI is InChI=1S/C7H7F3N6O4S2/c1-16-2(17)6(7(8,9)10,12-4(16)18)15-22(19,20)5-14-13-3(11)21-5/h15H,1H3,(H2,11,13)(H,12,18). The van der Waals surface area contributed by atoms with Gasteiger partial charge in [0.1, 0.15) is 0 Å². The van der Waals surface area contributed by atoms with Crippen LogP contribution in [0.3, 0.4) is 0 Å². The topological polar surface area (TPSA) is 147 Å². The zero-order valence-electron chi connectivity index (χ0n) is 10.5. The highest BCUT2D eigenvalue weighted by Gasteiger charge is 2.69. The van der Waals surface area contributed by atoms with Crippen LogP contribution in [0.2, 0.25) is 0 Å². The van der Waals surface area contributed by atoms with Crippen molar-refractivity contribution in [1.82, 2.24) is 25.1 Å². The predicted octanol–water partition coefficient (Wildman–Crippen LogP) is -1.16. The minimum absolute atomic E-state index is 0.102. The van der Waals surface area contributed by atoms with E-state index < -0.39 is 38.1 Å². The van der Waals surface area contributed by atoms with Crippen molar-refractivity contribution in [1.29, 1.82) is 0 Å². The van der Waals surface area contributed by atoms with Crippen LogP contribution in [-0.2, 0) is 14.8 Å². The number of carbonyl (C=O) groups excluding carboxylic acids is 2. The van der Waals surface area contributed by atoms with Gasteiger partial charge in [0.05, 0.1) is 0 Å². The lowest BCUT2D eigenvalue weighted by atomic mass is 10.2. The molecule has 1 aromatic heterocycles. The van der Waals surface area contributed by atoms with Gasteiger partial charge in [-0.15, -0.1) is 10.2 Å². The largest absolute Gasteiger partial charge is 0.435 e. The van der Waals surface area contributed by atoms with Gasteiger partial charge in [-0.25, -0.2) is 13.2 Å². The first-order valence-electron chi connectivity index (χ1n) is 5.21. The molecule has 10 nitrogen and oxygen atoms in total. The molecule has 0 aliphatic carbocycles. The van der Waals surface area contributed by atoms with Crippen molar-refractivity contribution in [3.05, 3.63) is 0 Å². The molecule has 22 heavy (non-hydrogen) atoms. The molecule has 0 radical (unpaired) electrons. The number of sulfonamides is 1. The SMILES string of the molecule is CN1C(=O)NC(NS(=O)(=O)c2nnc(N)s2)(C(F)(F)F)C1=O. The second-order valence-corrected chi connectivity index (χ2v) is 6.92. The summed E-state index contributed by atoms with van der Waals surface area (Å²) in [5.74, 6) is -1.83. The molecule has 1 atom stereocenters. The van der Waals surface area contributed by atoms with Crippen LogP contribution in [0.1, 0.15) is 0 Å². The van der Waals surface area contributed by atoms with E-state index in [4.69, 9.17) is 5.73 Å². The number of urea groups is 1. The minimum atomic E-state index is -5.44. The van der Waals surface area contributed by atoms with Gasteiger partial charge < -0.3 is 11.1 Å². The van der Waals surface area contributed by atoms with Crippen LogP contribution in [-0.4, -0.2) is 54.3 Å². The summed E-state index contributed by atoms with van der Waals surface area (Å²) in [4.78, 5) is 23.1. The summed E-state index contributed by atoms with van der Waals surface area (Å²) in [6.45, 7) is 0. The Balaban J connectivity index is 2.50. The van der Waals surface area contributed by atoms with Gasteiger partial charge in [-0.1, -0.05) is 11.3 Å². The third kappa shape index (κ3) is 2.35. The van der Waals surface area contributed by atoms with Crippen LogP contribution < -0.4 is 15.8 Å². The van der Waals surface area contributed by atoms with Gasteiger partial charge in [0, 0.05) is 7.05 Å². The van der Waals surface area contributed by atoms with Crippen molar-refractivity contribution in [2.75, 3.05) is 12.8 Å². The van der Waals surface area contributed by atoms with E-state index in [2.05, 4.69) is 10.2 Å². The number of anilines is 1. The Morgan fingerprint density at radius 3 is 2.32 bits per heavy atom. The Bertz CT molecular complexity index is 746. The molecule has 1 unspecified atom stereocenters. The van der Waals surface area contributed by atoms with Crippen LogP contribution in [0.5, 0.6) is 0 Å². The molecule has 1 aromatic rings. The first-order chi connectivity index (χ1) is 9.91. The highest BCUT2D eigenvalue weighted by Crippen LogP contribution is 2.34. The van der Waals surface area contributed by atoms with Gasteiger partial charge in [0.25, 0.3) is 21.6 Å². The number of hydrogen-bond acceptors (Lipinski definition) is 8. The Morgan fingerprint density at radius 2 is 1.95 bits per heavy atom. The molecule has 0 aromatic carbocycles. The normalized spacial score (nSPS) is 23.0. The molecule has 2 rings (SSSR count). The number of carbonyl (C=O) groups is 2. The summed E-state index contributed by atoms with van der Waals surface area (Å²) in [7, 11) is -4.15. The maximum absolute atomic E-state index is 13.2. The summed E-state index contributed by atoms with van der Waals surface area (Å²) in [5.41, 5.74) is 1.34. The quantitative estimate of drug-likeness (QED) is 0.576. The molecule has 1 fully saturated rings. The molecule has 2 heterocycles. The first-order valence-corrected chi connectivity index (χ1v) is 7.51. The summed E-state index contributed by atoms with van der Waals surface area (Å²) in [6.07, 6.45) is -5.44. The zero-order chi connectivity index (χ0) is 16.9. The van der Waals surface area contributed by atoms with E-state index in [1.165, 1.54) is 5.32 Å². The minimum Gasteiger partial charge on any atom is -0.374 e. The molecule has 1 aliphatic heterocycles. The van der Waals surface area contributed by atoms with Crippen LogP contribution in [0.4, 0.5) is 23.1 Å². The third-order valence-corrected chi connectivity index (χ3v) is 5.16. The number of nitrogens with zero attached hydrogens (tertiary/aromatic N) is 3. The monoisotopic (exact) mass is 360 g/mol. The van der Waals surface area contributed by atoms with Gasteiger partial charge in [-0.2, -0.15) is 17.9 Å². The second kappa shape index (κ2) is 4.75. The Kier molecular flexibility index (Phi) is 3.53. The molecule has 15 heteroatoms. The number of halogens is 3. The fourth-order valence-electron chi connectivity index (χ4n) is 1.53. The number of aromatic nitrogens is 2. The number of imide groups is 1. The summed E-state index contributed by atoms with van der Waals surface area (Å²) >= 11 is 0.290. The number of alkyl halides is 3. The van der Waals surface area contributed by atoms with Gasteiger partial charge >= 0.3 is 12.2 Å². The van der Waals surface area contributed by atoms with Crippen LogP contribution in [0.15, 0.2) is 4.34 Å². The van der Waals surface area contributed by atoms with Crippen molar-refractivity contribution >= 4 is 38.4 Å². The fraction of sp³-hybridized carbons (Fsp3) is 0.429. The number of likely N-dealkylation sites (N-methyl/N-ethyl adjacent to an activating group) is 1. The van der Waals surface area contributed by atoms with Crippen molar-refractivity contribution in [3.63, 3.8) is 0 Å². The molecule has 122 valence electrons. The van der Waals surface area contributed by atoms with Crippen molar-refractivity contribution in [2.45, 2.75) is 16.2 Å². The van der Waals surface area contributed by atoms with E-state index in [0.717, 1.165) is 11.8 Å². The maximum Gasteiger partial charge on any atom is 0.435 e. The molecule has 1 aliphatic rings. The van der Waals surface area contributed by atoms with E-state index in [0.29, 0.717) is 11.3 Å².